The van der Waals surface area contributed by atoms with E-state index < -0.39 is 5.97 Å². The zero-order valence-corrected chi connectivity index (χ0v) is 17.6. The number of amides is 1. The van der Waals surface area contributed by atoms with Crippen LogP contribution < -0.4 is 4.90 Å². The van der Waals surface area contributed by atoms with Crippen molar-refractivity contribution in [1.82, 2.24) is 5.16 Å². The predicted octanol–water partition coefficient (Wildman–Crippen LogP) is 4.72. The van der Waals surface area contributed by atoms with Crippen molar-refractivity contribution in [3.8, 4) is 11.3 Å². The molecule has 1 atom stereocenters. The number of carbonyl (C=O) groups excluding carboxylic acids is 2. The average molecular weight is 423 g/mol. The van der Waals surface area contributed by atoms with Gasteiger partial charge in [-0.05, 0) is 25.5 Å². The van der Waals surface area contributed by atoms with Gasteiger partial charge in [0.05, 0.1) is 5.69 Å². The van der Waals surface area contributed by atoms with Gasteiger partial charge in [0.1, 0.15) is 17.0 Å². The Morgan fingerprint density at radius 1 is 1.17 bits per heavy atom. The molecule has 1 aromatic heterocycles. The first-order chi connectivity index (χ1) is 14.5. The van der Waals surface area contributed by atoms with Crippen LogP contribution in [-0.4, -0.2) is 35.4 Å². The van der Waals surface area contributed by atoms with Crippen molar-refractivity contribution < 1.29 is 18.8 Å². The van der Waals surface area contributed by atoms with E-state index in [0.717, 1.165) is 22.6 Å². The van der Waals surface area contributed by atoms with E-state index in [1.165, 1.54) is 0 Å². The summed E-state index contributed by atoms with van der Waals surface area (Å²) in [5, 5.41) is 4.40. The maximum absolute atomic E-state index is 12.9. The summed E-state index contributed by atoms with van der Waals surface area (Å²) in [6.07, 6.45) is 0.863. The van der Waals surface area contributed by atoms with E-state index in [-0.39, 0.29) is 18.1 Å². The van der Waals surface area contributed by atoms with Gasteiger partial charge in [-0.2, -0.15) is 0 Å². The van der Waals surface area contributed by atoms with Gasteiger partial charge in [0, 0.05) is 22.3 Å². The van der Waals surface area contributed by atoms with Crippen LogP contribution in [-0.2, 0) is 9.53 Å². The summed E-state index contributed by atoms with van der Waals surface area (Å²) < 4.78 is 10.6. The number of ether oxygens (including phenoxy) is 1. The maximum atomic E-state index is 12.9. The third-order valence-corrected chi connectivity index (χ3v) is 6.22. The lowest BCUT2D eigenvalue weighted by atomic mass is 10.1. The van der Waals surface area contributed by atoms with Gasteiger partial charge < -0.3 is 14.2 Å². The number of fused-ring (bicyclic) bond motifs is 1. The smallest absolute Gasteiger partial charge is 0.344 e. The van der Waals surface area contributed by atoms with Crippen molar-refractivity contribution in [2.75, 3.05) is 18.1 Å². The molecule has 1 unspecified atom stereocenters. The first kappa shape index (κ1) is 20.2. The fraction of sp³-hybridized carbons (Fsp3) is 0.261. The molecule has 30 heavy (non-hydrogen) atoms. The number of thioether (sulfide) groups is 1. The van der Waals surface area contributed by atoms with Crippen LogP contribution in [0.15, 0.2) is 64.0 Å². The molecular formula is C23H22N2O4S. The van der Waals surface area contributed by atoms with Gasteiger partial charge >= 0.3 is 5.97 Å². The normalized spacial score (nSPS) is 15.9. The molecule has 0 spiro atoms. The Kier molecular flexibility index (Phi) is 5.90. The minimum Gasteiger partial charge on any atom is -0.452 e. The second kappa shape index (κ2) is 8.75. The molecule has 6 nitrogen and oxygen atoms in total. The highest BCUT2D eigenvalue weighted by molar-refractivity contribution is 8.00. The largest absolute Gasteiger partial charge is 0.452 e. The maximum Gasteiger partial charge on any atom is 0.344 e. The molecule has 0 bridgehead atoms. The summed E-state index contributed by atoms with van der Waals surface area (Å²) in [7, 11) is 0. The number of aromatic nitrogens is 1. The van der Waals surface area contributed by atoms with E-state index in [1.807, 2.05) is 54.6 Å². The lowest BCUT2D eigenvalue weighted by Crippen LogP contribution is -2.35. The van der Waals surface area contributed by atoms with Crippen molar-refractivity contribution in [2.24, 2.45) is 0 Å². The SMILES string of the molecule is Cc1onc(-c2ccccc2)c1C(=O)OCC(=O)N1CCC(C)Sc2ccccc21. The van der Waals surface area contributed by atoms with Crippen LogP contribution in [0.4, 0.5) is 5.69 Å². The number of anilines is 1. The third-order valence-electron chi connectivity index (χ3n) is 4.99. The van der Waals surface area contributed by atoms with E-state index in [4.69, 9.17) is 9.26 Å². The second-order valence-corrected chi connectivity index (χ2v) is 8.62. The third kappa shape index (κ3) is 4.11. The number of para-hydroxylation sites is 1. The van der Waals surface area contributed by atoms with E-state index in [9.17, 15) is 9.59 Å². The number of nitrogens with zero attached hydrogens (tertiary/aromatic N) is 2. The van der Waals surface area contributed by atoms with Crippen molar-refractivity contribution >= 4 is 29.3 Å². The lowest BCUT2D eigenvalue weighted by Gasteiger charge is -2.22. The molecule has 154 valence electrons. The van der Waals surface area contributed by atoms with Crippen molar-refractivity contribution in [3.63, 3.8) is 0 Å². The van der Waals surface area contributed by atoms with Gasteiger partial charge in [-0.15, -0.1) is 11.8 Å². The number of rotatable bonds is 4. The van der Waals surface area contributed by atoms with Gasteiger partial charge in [-0.1, -0.05) is 54.5 Å². The van der Waals surface area contributed by atoms with Gasteiger partial charge in [0.2, 0.25) is 0 Å². The molecule has 1 aliphatic heterocycles. The van der Waals surface area contributed by atoms with Gasteiger partial charge in [-0.25, -0.2) is 4.79 Å². The molecule has 0 fully saturated rings. The molecule has 0 radical (unpaired) electrons. The molecule has 1 aliphatic rings. The highest BCUT2D eigenvalue weighted by atomic mass is 32.2. The molecule has 1 amide bonds. The average Bonchev–Trinajstić information content (AvgIpc) is 3.06. The number of hydrogen-bond acceptors (Lipinski definition) is 6. The molecule has 3 aromatic rings. The van der Waals surface area contributed by atoms with Crippen LogP contribution in [0.25, 0.3) is 11.3 Å². The van der Waals surface area contributed by atoms with E-state index in [0.29, 0.717) is 23.2 Å². The standard InChI is InChI=1S/C23H22N2O4S/c1-15-12-13-25(18-10-6-7-11-19(18)30-15)20(26)14-28-23(27)21-16(2)29-24-22(21)17-8-4-3-5-9-17/h3-11,15H,12-14H2,1-2H3. The minimum atomic E-state index is -0.619. The summed E-state index contributed by atoms with van der Waals surface area (Å²) >= 11 is 1.76. The summed E-state index contributed by atoms with van der Waals surface area (Å²) in [4.78, 5) is 28.5. The van der Waals surface area contributed by atoms with Crippen LogP contribution in [0.5, 0.6) is 0 Å². The zero-order valence-electron chi connectivity index (χ0n) is 16.8. The summed E-state index contributed by atoms with van der Waals surface area (Å²) in [6.45, 7) is 4.05. The topological polar surface area (TPSA) is 72.6 Å². The number of benzene rings is 2. The Bertz CT molecular complexity index is 1060. The van der Waals surface area contributed by atoms with E-state index >= 15 is 0 Å². The molecular weight excluding hydrogens is 400 g/mol. The molecule has 4 rings (SSSR count). The molecule has 0 saturated carbocycles. The van der Waals surface area contributed by atoms with Gasteiger partial charge in [0.25, 0.3) is 5.91 Å². The van der Waals surface area contributed by atoms with E-state index in [1.54, 1.807) is 23.6 Å². The van der Waals surface area contributed by atoms with Crippen molar-refractivity contribution in [2.45, 2.75) is 30.4 Å². The van der Waals surface area contributed by atoms with Crippen molar-refractivity contribution in [1.29, 1.82) is 0 Å². The molecule has 0 aliphatic carbocycles. The van der Waals surface area contributed by atoms with Crippen LogP contribution >= 0.6 is 11.8 Å². The van der Waals surface area contributed by atoms with E-state index in [2.05, 4.69) is 12.1 Å². The first-order valence-corrected chi connectivity index (χ1v) is 10.7. The highest BCUT2D eigenvalue weighted by Gasteiger charge is 2.27. The fourth-order valence-corrected chi connectivity index (χ4v) is 4.54. The van der Waals surface area contributed by atoms with Crippen molar-refractivity contribution in [3.05, 3.63) is 65.9 Å². The minimum absolute atomic E-state index is 0.245. The van der Waals surface area contributed by atoms with Crippen LogP contribution in [0.2, 0.25) is 0 Å². The zero-order chi connectivity index (χ0) is 21.1. The predicted molar refractivity (Wildman–Crippen MR) is 116 cm³/mol. The molecule has 2 aromatic carbocycles. The summed E-state index contributed by atoms with van der Waals surface area (Å²) in [6, 6.07) is 17.1. The second-order valence-electron chi connectivity index (χ2n) is 7.13. The molecule has 2 heterocycles. The summed E-state index contributed by atoms with van der Waals surface area (Å²) in [5.74, 6) is -0.510. The molecule has 7 heteroatoms. The van der Waals surface area contributed by atoms with Crippen LogP contribution in [0.1, 0.15) is 29.5 Å². The first-order valence-electron chi connectivity index (χ1n) is 9.79. The van der Waals surface area contributed by atoms with Crippen LogP contribution in [0, 0.1) is 6.92 Å². The van der Waals surface area contributed by atoms with Gasteiger partial charge in [0.15, 0.2) is 6.61 Å². The van der Waals surface area contributed by atoms with Crippen LogP contribution in [0.3, 0.4) is 0 Å². The number of aryl methyl sites for hydroxylation is 1. The number of esters is 1. The Hall–Kier alpha value is -3.06. The van der Waals surface area contributed by atoms with Gasteiger partial charge in [-0.3, -0.25) is 4.79 Å². The fourth-order valence-electron chi connectivity index (χ4n) is 3.43. The molecule has 0 N–H and O–H groups in total. The quantitative estimate of drug-likeness (QED) is 0.566. The Balaban J connectivity index is 1.50. The Morgan fingerprint density at radius 2 is 1.90 bits per heavy atom. The Morgan fingerprint density at radius 3 is 2.70 bits per heavy atom. The Labute approximate surface area is 179 Å². The number of carbonyl (C=O) groups is 2. The number of hydrogen-bond donors (Lipinski definition) is 0. The lowest BCUT2D eigenvalue weighted by molar-refractivity contribution is -0.121. The monoisotopic (exact) mass is 422 g/mol. The summed E-state index contributed by atoms with van der Waals surface area (Å²) in [5.41, 5.74) is 2.27. The highest BCUT2D eigenvalue weighted by Crippen LogP contribution is 2.37. The molecule has 0 saturated heterocycles.